The van der Waals surface area contributed by atoms with Crippen molar-refractivity contribution in [1.82, 2.24) is 0 Å². The smallest absolute Gasteiger partial charge is 0.227 e. The molecule has 0 aromatic heterocycles. The van der Waals surface area contributed by atoms with Crippen LogP contribution < -0.4 is 4.90 Å². The van der Waals surface area contributed by atoms with E-state index in [0.29, 0.717) is 6.42 Å². The molecule has 67 valence electrons. The third-order valence-corrected chi connectivity index (χ3v) is 2.78. The Balaban J connectivity index is 2.49. The van der Waals surface area contributed by atoms with E-state index in [0.717, 1.165) is 16.6 Å². The lowest BCUT2D eigenvalue weighted by Gasteiger charge is -2.25. The van der Waals surface area contributed by atoms with Crippen molar-refractivity contribution in [2.45, 2.75) is 12.8 Å². The van der Waals surface area contributed by atoms with Gasteiger partial charge in [-0.3, -0.25) is 4.79 Å². The van der Waals surface area contributed by atoms with Gasteiger partial charge < -0.3 is 4.90 Å². The highest BCUT2D eigenvalue weighted by molar-refractivity contribution is 9.10. The molecule has 2 rings (SSSR count). The Hall–Kier alpha value is -0.830. The molecule has 1 heterocycles. The van der Waals surface area contributed by atoms with Crippen molar-refractivity contribution in [2.75, 3.05) is 11.9 Å². The minimum atomic E-state index is 0.184. The lowest BCUT2D eigenvalue weighted by molar-refractivity contribution is -0.118. The Morgan fingerprint density at radius 3 is 3.08 bits per heavy atom. The zero-order chi connectivity index (χ0) is 9.42. The molecule has 1 aromatic rings. The number of amides is 1. The van der Waals surface area contributed by atoms with Crippen molar-refractivity contribution in [3.8, 4) is 0 Å². The van der Waals surface area contributed by atoms with Crippen molar-refractivity contribution in [2.24, 2.45) is 0 Å². The van der Waals surface area contributed by atoms with E-state index in [1.54, 1.807) is 4.90 Å². The molecule has 13 heavy (non-hydrogen) atoms. The lowest BCUT2D eigenvalue weighted by Crippen LogP contribution is -2.30. The van der Waals surface area contributed by atoms with Crippen molar-refractivity contribution in [1.29, 1.82) is 0 Å². The van der Waals surface area contributed by atoms with Crippen LogP contribution in [0.15, 0.2) is 16.6 Å². The van der Waals surface area contributed by atoms with Crippen LogP contribution in [0.5, 0.6) is 0 Å². The maximum absolute atomic E-state index is 11.3. The second-order valence-electron chi connectivity index (χ2n) is 3.14. The number of aryl methyl sites for hydroxylation is 1. The second-order valence-corrected chi connectivity index (χ2v) is 4.00. The number of fused-ring (bicyclic) bond motifs is 1. The summed E-state index contributed by atoms with van der Waals surface area (Å²) in [5.74, 6) is 0.184. The minimum absolute atomic E-state index is 0.184. The lowest BCUT2D eigenvalue weighted by atomic mass is 10.0. The van der Waals surface area contributed by atoms with E-state index >= 15 is 0 Å². The van der Waals surface area contributed by atoms with Gasteiger partial charge in [0.1, 0.15) is 0 Å². The molecule has 0 saturated heterocycles. The standard InChI is InChI=1S/C10H9BrNO/c1-12-9-4-3-8(11)6-7(9)2-5-10(12)13/h4,6H,2,5H2,1H3. The molecule has 0 fully saturated rings. The molecule has 0 aliphatic carbocycles. The van der Waals surface area contributed by atoms with Crippen LogP contribution in [0.4, 0.5) is 5.69 Å². The van der Waals surface area contributed by atoms with Crippen LogP contribution in [0.3, 0.4) is 0 Å². The number of hydrogen-bond donors (Lipinski definition) is 0. The van der Waals surface area contributed by atoms with Crippen molar-refractivity contribution in [3.63, 3.8) is 0 Å². The Labute approximate surface area is 85.7 Å². The molecular weight excluding hydrogens is 230 g/mol. The first-order valence-electron chi connectivity index (χ1n) is 4.15. The second kappa shape index (κ2) is 3.14. The van der Waals surface area contributed by atoms with E-state index in [4.69, 9.17) is 0 Å². The number of rotatable bonds is 0. The molecule has 1 aliphatic heterocycles. The zero-order valence-corrected chi connectivity index (χ0v) is 8.89. The number of nitrogens with zero attached hydrogens (tertiary/aromatic N) is 1. The summed E-state index contributed by atoms with van der Waals surface area (Å²) in [6, 6.07) is 6.92. The first kappa shape index (κ1) is 8.75. The van der Waals surface area contributed by atoms with Gasteiger partial charge in [-0.1, -0.05) is 15.9 Å². The van der Waals surface area contributed by atoms with Gasteiger partial charge in [0.2, 0.25) is 5.91 Å². The number of carbonyl (C=O) groups is 1. The molecule has 0 bridgehead atoms. The summed E-state index contributed by atoms with van der Waals surface area (Å²) in [7, 11) is 1.81. The predicted octanol–water partition coefficient (Wildman–Crippen LogP) is 2.16. The van der Waals surface area contributed by atoms with Crippen LogP contribution in [-0.2, 0) is 11.2 Å². The van der Waals surface area contributed by atoms with Crippen molar-refractivity contribution >= 4 is 27.5 Å². The fraction of sp³-hybridized carbons (Fsp3) is 0.300. The topological polar surface area (TPSA) is 20.3 Å². The summed E-state index contributed by atoms with van der Waals surface area (Å²) < 4.78 is 0.953. The fourth-order valence-corrected chi connectivity index (χ4v) is 1.95. The van der Waals surface area contributed by atoms with E-state index in [-0.39, 0.29) is 5.91 Å². The molecular formula is C10H9BrNO. The van der Waals surface area contributed by atoms with Crippen LogP contribution in [0.1, 0.15) is 12.0 Å². The molecule has 1 radical (unpaired) electrons. The third-order valence-electron chi connectivity index (χ3n) is 2.32. The molecule has 1 aromatic carbocycles. The maximum atomic E-state index is 11.3. The van der Waals surface area contributed by atoms with Crippen LogP contribution in [0.25, 0.3) is 0 Å². The Morgan fingerprint density at radius 1 is 1.54 bits per heavy atom. The number of anilines is 1. The summed E-state index contributed by atoms with van der Waals surface area (Å²) in [5.41, 5.74) is 2.20. The van der Waals surface area contributed by atoms with Gasteiger partial charge in [0.15, 0.2) is 0 Å². The van der Waals surface area contributed by atoms with Gasteiger partial charge >= 0.3 is 0 Å². The first-order valence-corrected chi connectivity index (χ1v) is 4.94. The minimum Gasteiger partial charge on any atom is -0.315 e. The highest BCUT2D eigenvalue weighted by Gasteiger charge is 2.20. The maximum Gasteiger partial charge on any atom is 0.227 e. The highest BCUT2D eigenvalue weighted by Crippen LogP contribution is 2.28. The van der Waals surface area contributed by atoms with Gasteiger partial charge in [0.05, 0.1) is 0 Å². The van der Waals surface area contributed by atoms with Gasteiger partial charge in [-0.05, 0) is 30.2 Å². The molecule has 0 N–H and O–H groups in total. The largest absolute Gasteiger partial charge is 0.315 e. The molecule has 1 aliphatic rings. The van der Waals surface area contributed by atoms with E-state index in [2.05, 4.69) is 22.0 Å². The third kappa shape index (κ3) is 1.48. The summed E-state index contributed by atoms with van der Waals surface area (Å²) in [4.78, 5) is 13.0. The van der Waals surface area contributed by atoms with Gasteiger partial charge in [0.25, 0.3) is 0 Å². The van der Waals surface area contributed by atoms with Crippen LogP contribution in [0, 0.1) is 6.07 Å². The Bertz CT molecular complexity index is 362. The molecule has 3 heteroatoms. The van der Waals surface area contributed by atoms with Gasteiger partial charge in [-0.15, -0.1) is 0 Å². The molecule has 0 atom stereocenters. The summed E-state index contributed by atoms with van der Waals surface area (Å²) >= 11 is 3.37. The molecule has 2 nitrogen and oxygen atoms in total. The number of hydrogen-bond acceptors (Lipinski definition) is 1. The van der Waals surface area contributed by atoms with Gasteiger partial charge in [-0.2, -0.15) is 0 Å². The normalized spacial score (nSPS) is 15.8. The Morgan fingerprint density at radius 2 is 2.31 bits per heavy atom. The highest BCUT2D eigenvalue weighted by atomic mass is 79.9. The van der Waals surface area contributed by atoms with Crippen molar-refractivity contribution < 1.29 is 4.79 Å². The van der Waals surface area contributed by atoms with Gasteiger partial charge in [-0.25, -0.2) is 0 Å². The average molecular weight is 239 g/mol. The first-order chi connectivity index (χ1) is 6.18. The van der Waals surface area contributed by atoms with E-state index < -0.39 is 0 Å². The number of halogens is 1. The van der Waals surface area contributed by atoms with E-state index in [1.165, 1.54) is 5.56 Å². The number of carbonyl (C=O) groups excluding carboxylic acids is 1. The summed E-state index contributed by atoms with van der Waals surface area (Å²) in [6.45, 7) is 0. The SMILES string of the molecule is CN1C(=O)CCc2cc(Br)[c]cc21. The molecule has 0 spiro atoms. The monoisotopic (exact) mass is 238 g/mol. The summed E-state index contributed by atoms with van der Waals surface area (Å²) in [6.07, 6.45) is 1.45. The summed E-state index contributed by atoms with van der Waals surface area (Å²) in [5, 5.41) is 0. The zero-order valence-electron chi connectivity index (χ0n) is 7.30. The van der Waals surface area contributed by atoms with E-state index in [9.17, 15) is 4.79 Å². The molecule has 0 saturated carbocycles. The fourth-order valence-electron chi connectivity index (χ4n) is 1.55. The van der Waals surface area contributed by atoms with Crippen molar-refractivity contribution in [3.05, 3.63) is 28.2 Å². The quantitative estimate of drug-likeness (QED) is 0.679. The van der Waals surface area contributed by atoms with Crippen LogP contribution in [-0.4, -0.2) is 13.0 Å². The average Bonchev–Trinajstić information content (AvgIpc) is 2.12. The predicted molar refractivity (Wildman–Crippen MR) is 54.7 cm³/mol. The molecule has 0 unspecified atom stereocenters. The van der Waals surface area contributed by atoms with E-state index in [1.807, 2.05) is 19.2 Å². The Kier molecular flexibility index (Phi) is 2.12. The number of benzene rings is 1. The van der Waals surface area contributed by atoms with Gasteiger partial charge in [0, 0.05) is 23.6 Å². The van der Waals surface area contributed by atoms with Crippen LogP contribution >= 0.6 is 15.9 Å². The van der Waals surface area contributed by atoms with Crippen LogP contribution in [0.2, 0.25) is 0 Å². The molecule has 1 amide bonds.